The van der Waals surface area contributed by atoms with Crippen LogP contribution in [0, 0.1) is 0 Å². The van der Waals surface area contributed by atoms with E-state index in [1.807, 2.05) is 30.5 Å². The van der Waals surface area contributed by atoms with Crippen LogP contribution in [0.4, 0.5) is 0 Å². The molecule has 7 heteroatoms. The molecule has 6 nitrogen and oxygen atoms in total. The second-order valence-corrected chi connectivity index (χ2v) is 7.93. The number of imide groups is 1. The van der Waals surface area contributed by atoms with E-state index in [4.69, 9.17) is 4.42 Å². The standard InChI is InChI=1S/C23H20N2O4S/c1-24(13-15-5-8-18(30-2)9-6-15)21(26)16-7-10-19-20(12-16)23(28)25(22(19)27)14-17-4-3-11-29-17/h3-12H,13-14H2,1-2H3. The highest BCUT2D eigenvalue weighted by molar-refractivity contribution is 7.98. The molecule has 3 aromatic rings. The lowest BCUT2D eigenvalue weighted by Crippen LogP contribution is -2.29. The second kappa shape index (κ2) is 8.20. The summed E-state index contributed by atoms with van der Waals surface area (Å²) in [4.78, 5) is 42.2. The van der Waals surface area contributed by atoms with E-state index in [-0.39, 0.29) is 23.9 Å². The molecule has 0 saturated carbocycles. The van der Waals surface area contributed by atoms with Crippen molar-refractivity contribution in [2.45, 2.75) is 18.0 Å². The summed E-state index contributed by atoms with van der Waals surface area (Å²) in [6.07, 6.45) is 3.51. The molecule has 0 N–H and O–H groups in total. The molecule has 0 saturated heterocycles. The molecule has 152 valence electrons. The van der Waals surface area contributed by atoms with Gasteiger partial charge in [-0.1, -0.05) is 12.1 Å². The molecule has 0 aliphatic carbocycles. The van der Waals surface area contributed by atoms with Gasteiger partial charge in [0, 0.05) is 24.1 Å². The molecule has 0 bridgehead atoms. The quantitative estimate of drug-likeness (QED) is 0.444. The fraction of sp³-hybridized carbons (Fsp3) is 0.174. The zero-order valence-corrected chi connectivity index (χ0v) is 17.4. The molecule has 30 heavy (non-hydrogen) atoms. The first-order valence-electron chi connectivity index (χ1n) is 9.39. The molecule has 4 rings (SSSR count). The fourth-order valence-corrected chi connectivity index (χ4v) is 3.83. The number of amides is 3. The predicted octanol–water partition coefficient (Wildman–Crippen LogP) is 4.07. The topological polar surface area (TPSA) is 70.8 Å². The molecular weight excluding hydrogens is 400 g/mol. The van der Waals surface area contributed by atoms with Crippen LogP contribution in [0.3, 0.4) is 0 Å². The summed E-state index contributed by atoms with van der Waals surface area (Å²) >= 11 is 1.66. The van der Waals surface area contributed by atoms with Crippen molar-refractivity contribution in [1.82, 2.24) is 9.80 Å². The number of nitrogens with zero attached hydrogens (tertiary/aromatic N) is 2. The Morgan fingerprint density at radius 2 is 1.77 bits per heavy atom. The molecule has 3 amide bonds. The summed E-state index contributed by atoms with van der Waals surface area (Å²) in [7, 11) is 1.72. The van der Waals surface area contributed by atoms with Gasteiger partial charge in [-0.2, -0.15) is 0 Å². The molecule has 0 radical (unpaired) electrons. The van der Waals surface area contributed by atoms with E-state index in [2.05, 4.69) is 0 Å². The van der Waals surface area contributed by atoms with Gasteiger partial charge in [-0.05, 0) is 54.3 Å². The normalized spacial score (nSPS) is 12.9. The smallest absolute Gasteiger partial charge is 0.261 e. The second-order valence-electron chi connectivity index (χ2n) is 7.05. The summed E-state index contributed by atoms with van der Waals surface area (Å²) in [6, 6.07) is 16.1. The Hall–Kier alpha value is -3.32. The van der Waals surface area contributed by atoms with E-state index in [1.165, 1.54) is 12.3 Å². The number of carbonyl (C=O) groups excluding carboxylic acids is 3. The van der Waals surface area contributed by atoms with E-state index in [1.54, 1.807) is 48.0 Å². The summed E-state index contributed by atoms with van der Waals surface area (Å²) < 4.78 is 5.25. The molecule has 0 atom stereocenters. The number of thioether (sulfide) groups is 1. The van der Waals surface area contributed by atoms with Crippen LogP contribution in [-0.4, -0.2) is 40.8 Å². The average Bonchev–Trinajstić information content (AvgIpc) is 3.36. The van der Waals surface area contributed by atoms with E-state index in [9.17, 15) is 14.4 Å². The van der Waals surface area contributed by atoms with Crippen LogP contribution < -0.4 is 0 Å². The van der Waals surface area contributed by atoms with E-state index < -0.39 is 5.91 Å². The summed E-state index contributed by atoms with van der Waals surface area (Å²) in [5.41, 5.74) is 1.94. The van der Waals surface area contributed by atoms with E-state index in [0.29, 0.717) is 23.4 Å². The van der Waals surface area contributed by atoms with Crippen molar-refractivity contribution in [3.05, 3.63) is 88.9 Å². The molecule has 2 aromatic carbocycles. The minimum Gasteiger partial charge on any atom is -0.467 e. The maximum Gasteiger partial charge on any atom is 0.261 e. The number of hydrogen-bond acceptors (Lipinski definition) is 5. The molecule has 1 aliphatic heterocycles. The van der Waals surface area contributed by atoms with Crippen molar-refractivity contribution in [3.63, 3.8) is 0 Å². The number of fused-ring (bicyclic) bond motifs is 1. The van der Waals surface area contributed by atoms with E-state index in [0.717, 1.165) is 15.4 Å². The summed E-state index contributed by atoms with van der Waals surface area (Å²) in [5.74, 6) is -0.492. The predicted molar refractivity (Wildman–Crippen MR) is 113 cm³/mol. The number of benzene rings is 2. The Morgan fingerprint density at radius 3 is 2.43 bits per heavy atom. The average molecular weight is 420 g/mol. The zero-order valence-electron chi connectivity index (χ0n) is 16.6. The highest BCUT2D eigenvalue weighted by atomic mass is 32.2. The fourth-order valence-electron chi connectivity index (χ4n) is 3.42. The molecule has 0 unspecified atom stereocenters. The van der Waals surface area contributed by atoms with Crippen molar-refractivity contribution in [3.8, 4) is 0 Å². The lowest BCUT2D eigenvalue weighted by Gasteiger charge is -2.18. The van der Waals surface area contributed by atoms with Crippen LogP contribution in [0.25, 0.3) is 0 Å². The number of hydrogen-bond donors (Lipinski definition) is 0. The van der Waals surface area contributed by atoms with Crippen LogP contribution in [0.2, 0.25) is 0 Å². The minimum atomic E-state index is -0.420. The van der Waals surface area contributed by atoms with Crippen LogP contribution in [0.1, 0.15) is 42.4 Å². The van der Waals surface area contributed by atoms with Crippen molar-refractivity contribution < 1.29 is 18.8 Å². The van der Waals surface area contributed by atoms with Crippen molar-refractivity contribution in [1.29, 1.82) is 0 Å². The number of carbonyl (C=O) groups is 3. The van der Waals surface area contributed by atoms with Crippen LogP contribution >= 0.6 is 11.8 Å². The molecular formula is C23H20N2O4S. The van der Waals surface area contributed by atoms with Crippen molar-refractivity contribution in [2.24, 2.45) is 0 Å². The molecule has 2 heterocycles. The van der Waals surface area contributed by atoms with Gasteiger partial charge in [-0.3, -0.25) is 19.3 Å². The van der Waals surface area contributed by atoms with Gasteiger partial charge in [0.1, 0.15) is 5.76 Å². The Labute approximate surface area is 178 Å². The van der Waals surface area contributed by atoms with Crippen LogP contribution in [0.15, 0.2) is 70.2 Å². The van der Waals surface area contributed by atoms with Crippen LogP contribution in [0.5, 0.6) is 0 Å². The Kier molecular flexibility index (Phi) is 5.46. The maximum absolute atomic E-state index is 12.9. The highest BCUT2D eigenvalue weighted by Crippen LogP contribution is 2.26. The third kappa shape index (κ3) is 3.76. The van der Waals surface area contributed by atoms with Gasteiger partial charge in [-0.15, -0.1) is 11.8 Å². The first-order chi connectivity index (χ1) is 14.5. The highest BCUT2D eigenvalue weighted by Gasteiger charge is 2.36. The van der Waals surface area contributed by atoms with Crippen molar-refractivity contribution in [2.75, 3.05) is 13.3 Å². The van der Waals surface area contributed by atoms with Gasteiger partial charge >= 0.3 is 0 Å². The monoisotopic (exact) mass is 420 g/mol. The van der Waals surface area contributed by atoms with Crippen molar-refractivity contribution >= 4 is 29.5 Å². The lowest BCUT2D eigenvalue weighted by atomic mass is 10.0. The van der Waals surface area contributed by atoms with Gasteiger partial charge in [-0.25, -0.2) is 0 Å². The van der Waals surface area contributed by atoms with Gasteiger partial charge in [0.2, 0.25) is 0 Å². The minimum absolute atomic E-state index is 0.0641. The Morgan fingerprint density at radius 1 is 1.03 bits per heavy atom. The SMILES string of the molecule is CSc1ccc(CN(C)C(=O)c2ccc3c(c2)C(=O)N(Cc2ccco2)C3=O)cc1. The molecule has 0 spiro atoms. The molecule has 1 aliphatic rings. The molecule has 1 aromatic heterocycles. The third-order valence-electron chi connectivity index (χ3n) is 5.04. The van der Waals surface area contributed by atoms with Gasteiger partial charge in [0.15, 0.2) is 0 Å². The van der Waals surface area contributed by atoms with Gasteiger partial charge in [0.05, 0.1) is 23.9 Å². The maximum atomic E-state index is 12.9. The first kappa shape index (κ1) is 20.0. The molecule has 0 fully saturated rings. The summed E-state index contributed by atoms with van der Waals surface area (Å²) in [6.45, 7) is 0.511. The third-order valence-corrected chi connectivity index (χ3v) is 5.78. The Bertz CT molecular complexity index is 1110. The number of furan rings is 1. The Balaban J connectivity index is 1.51. The van der Waals surface area contributed by atoms with Gasteiger partial charge in [0.25, 0.3) is 17.7 Å². The summed E-state index contributed by atoms with van der Waals surface area (Å²) in [5, 5.41) is 0. The van der Waals surface area contributed by atoms with E-state index >= 15 is 0 Å². The first-order valence-corrected chi connectivity index (χ1v) is 10.6. The van der Waals surface area contributed by atoms with Gasteiger partial charge < -0.3 is 9.32 Å². The number of rotatable bonds is 6. The lowest BCUT2D eigenvalue weighted by molar-refractivity contribution is 0.0631. The van der Waals surface area contributed by atoms with Crippen LogP contribution in [-0.2, 0) is 13.1 Å². The largest absolute Gasteiger partial charge is 0.467 e. The zero-order chi connectivity index (χ0) is 21.3.